The van der Waals surface area contributed by atoms with E-state index in [0.717, 1.165) is 80.8 Å². The number of phenolic OH excluding ortho intramolecular Hbond substituents is 2. The summed E-state index contributed by atoms with van der Waals surface area (Å²) in [4.78, 5) is 12.3. The van der Waals surface area contributed by atoms with E-state index >= 15 is 0 Å². The Morgan fingerprint density at radius 1 is 0.781 bits per heavy atom. The van der Waals surface area contributed by atoms with E-state index in [4.69, 9.17) is 0 Å². The Hall–Kier alpha value is -2.53. The summed E-state index contributed by atoms with van der Waals surface area (Å²) in [5.74, 6) is 2.04. The van der Waals surface area contributed by atoms with Crippen molar-refractivity contribution in [3.05, 3.63) is 57.2 Å². The minimum atomic E-state index is -0.641. The molecule has 356 valence electrons. The topological polar surface area (TPSA) is 98.0 Å². The van der Waals surface area contributed by atoms with Gasteiger partial charge in [-0.3, -0.25) is 4.79 Å². The van der Waals surface area contributed by atoms with Gasteiger partial charge in [-0.2, -0.15) is 0 Å². The number of benzene rings is 1. The van der Waals surface area contributed by atoms with Gasteiger partial charge in [0.2, 0.25) is 0 Å². The summed E-state index contributed by atoms with van der Waals surface area (Å²) in [6.45, 7) is 33.2. The highest BCUT2D eigenvalue weighted by Crippen LogP contribution is 2.76. The molecule has 0 amide bonds. The van der Waals surface area contributed by atoms with Crippen molar-refractivity contribution in [3.63, 3.8) is 0 Å². The van der Waals surface area contributed by atoms with E-state index in [1.54, 1.807) is 0 Å². The highest BCUT2D eigenvalue weighted by atomic mass is 16.4. The Labute approximate surface area is 389 Å². The van der Waals surface area contributed by atoms with Gasteiger partial charge in [0.15, 0.2) is 11.5 Å². The van der Waals surface area contributed by atoms with Crippen LogP contribution in [0, 0.1) is 73.9 Å². The average Bonchev–Trinajstić information content (AvgIpc) is 3.51. The van der Waals surface area contributed by atoms with Crippen LogP contribution in [0.25, 0.3) is 0 Å². The maximum Gasteiger partial charge on any atom is 0.309 e. The molecule has 0 heterocycles. The standard InChI is InChI=1S/C30H50O.C29H40O4/c1-20(2)10-9-11-21(3)22-14-18-30(8)24-12-13-25-27(4,5)26(31)16-17-28(25,6)23(24)15-19-29(22,30)7;1-17-18-7-8-21-27(4,19(18)15-20(30)23(17)31)12-14-29(6)22-16-26(3,24(32)33)10-9-25(22,2)11-13-28(21,29)5/h10,21-22,25-26,31H,9,11-19H2,1-8H3;8,15,22,30-31H,7,9-14,16H2,1-6H3,(H,32,33). The number of hydrogen-bond donors (Lipinski definition) is 4. The normalized spacial score (nSPS) is 44.5. The molecule has 8 aliphatic rings. The van der Waals surface area contributed by atoms with E-state index < -0.39 is 11.4 Å². The molecule has 0 spiro atoms. The molecule has 13 atom stereocenters. The number of aliphatic hydroxyl groups is 1. The number of rotatable bonds is 5. The second-order valence-electron chi connectivity index (χ2n) is 26.6. The molecular formula is C59H90O5. The summed E-state index contributed by atoms with van der Waals surface area (Å²) >= 11 is 0. The molecule has 5 fully saturated rings. The van der Waals surface area contributed by atoms with Gasteiger partial charge in [-0.25, -0.2) is 0 Å². The van der Waals surface area contributed by atoms with Crippen molar-refractivity contribution in [2.24, 2.45) is 67.0 Å². The molecule has 0 aromatic heterocycles. The lowest BCUT2D eigenvalue weighted by molar-refractivity contribution is -0.177. The lowest BCUT2D eigenvalue weighted by atomic mass is 9.34. The van der Waals surface area contributed by atoms with Crippen molar-refractivity contribution in [2.75, 3.05) is 0 Å². The molecule has 9 rings (SSSR count). The molecule has 1 aromatic carbocycles. The summed E-state index contributed by atoms with van der Waals surface area (Å²) < 4.78 is 0. The largest absolute Gasteiger partial charge is 0.504 e. The molecule has 64 heavy (non-hydrogen) atoms. The summed E-state index contributed by atoms with van der Waals surface area (Å²) in [5, 5.41) is 41.7. The number of hydrogen-bond acceptors (Lipinski definition) is 4. The Kier molecular flexibility index (Phi) is 11.6. The van der Waals surface area contributed by atoms with E-state index in [-0.39, 0.29) is 44.7 Å². The Morgan fingerprint density at radius 3 is 2.14 bits per heavy atom. The minimum Gasteiger partial charge on any atom is -0.504 e. The molecule has 0 saturated heterocycles. The Balaban J connectivity index is 0.000000175. The van der Waals surface area contributed by atoms with Gasteiger partial charge in [-0.1, -0.05) is 104 Å². The van der Waals surface area contributed by atoms with Crippen molar-refractivity contribution >= 4 is 5.97 Å². The minimum absolute atomic E-state index is 0.00431. The first-order chi connectivity index (χ1) is 29.6. The summed E-state index contributed by atoms with van der Waals surface area (Å²) in [7, 11) is 0. The van der Waals surface area contributed by atoms with Gasteiger partial charge in [0.1, 0.15) is 0 Å². The maximum atomic E-state index is 12.3. The van der Waals surface area contributed by atoms with E-state index in [9.17, 15) is 25.2 Å². The van der Waals surface area contributed by atoms with Crippen LogP contribution in [-0.4, -0.2) is 32.5 Å². The van der Waals surface area contributed by atoms with E-state index in [0.29, 0.717) is 28.1 Å². The van der Waals surface area contributed by atoms with E-state index in [1.807, 2.05) is 31.1 Å². The number of aliphatic hydroxyl groups excluding tert-OH is 1. The third-order valence-electron chi connectivity index (χ3n) is 23.2. The molecule has 5 nitrogen and oxygen atoms in total. The van der Waals surface area contributed by atoms with Crippen LogP contribution in [0.2, 0.25) is 0 Å². The smallest absolute Gasteiger partial charge is 0.309 e. The lowest BCUT2D eigenvalue weighted by Gasteiger charge is -2.69. The number of phenols is 2. The van der Waals surface area contributed by atoms with Crippen LogP contribution >= 0.6 is 0 Å². The average molecular weight is 879 g/mol. The molecule has 5 saturated carbocycles. The van der Waals surface area contributed by atoms with Crippen molar-refractivity contribution in [2.45, 2.75) is 224 Å². The first-order valence-corrected chi connectivity index (χ1v) is 26.1. The zero-order chi connectivity index (χ0) is 47.0. The number of carbonyl (C=O) groups is 1. The predicted molar refractivity (Wildman–Crippen MR) is 262 cm³/mol. The van der Waals surface area contributed by atoms with Crippen LogP contribution in [0.1, 0.15) is 216 Å². The van der Waals surface area contributed by atoms with Crippen molar-refractivity contribution in [3.8, 4) is 11.5 Å². The van der Waals surface area contributed by atoms with Gasteiger partial charge < -0.3 is 20.4 Å². The summed E-state index contributed by atoms with van der Waals surface area (Å²) in [6.07, 6.45) is 25.2. The van der Waals surface area contributed by atoms with Crippen LogP contribution in [0.4, 0.5) is 0 Å². The van der Waals surface area contributed by atoms with Crippen molar-refractivity contribution < 1.29 is 25.2 Å². The second kappa shape index (κ2) is 15.5. The Bertz CT molecular complexity index is 2150. The molecule has 1 aromatic rings. The molecule has 8 aliphatic carbocycles. The molecule has 5 heteroatoms. The highest BCUT2D eigenvalue weighted by Gasteiger charge is 2.68. The first-order valence-electron chi connectivity index (χ1n) is 26.1. The zero-order valence-electron chi connectivity index (χ0n) is 43.0. The van der Waals surface area contributed by atoms with Gasteiger partial charge in [0.25, 0.3) is 0 Å². The number of aromatic hydroxyl groups is 2. The number of aliphatic carboxylic acids is 1. The number of carboxylic acid groups (broad SMARTS) is 1. The van der Waals surface area contributed by atoms with Crippen LogP contribution in [0.3, 0.4) is 0 Å². The fourth-order valence-corrected chi connectivity index (χ4v) is 18.4. The van der Waals surface area contributed by atoms with Crippen molar-refractivity contribution in [1.29, 1.82) is 0 Å². The second-order valence-corrected chi connectivity index (χ2v) is 26.6. The number of fused-ring (bicyclic) bond motifs is 11. The molecular weight excluding hydrogens is 789 g/mol. The van der Waals surface area contributed by atoms with Crippen LogP contribution in [0.5, 0.6) is 11.5 Å². The maximum absolute atomic E-state index is 12.3. The highest BCUT2D eigenvalue weighted by molar-refractivity contribution is 5.74. The monoisotopic (exact) mass is 879 g/mol. The molecule has 0 aliphatic heterocycles. The summed E-state index contributed by atoms with van der Waals surface area (Å²) in [6, 6.07) is 1.81. The van der Waals surface area contributed by atoms with Gasteiger partial charge in [-0.15, -0.1) is 0 Å². The van der Waals surface area contributed by atoms with Crippen molar-refractivity contribution in [1.82, 2.24) is 0 Å². The SMILES string of the molecule is CC(C)=CCCC(C)C1CCC2(C)C3=C(CCC12C)C1(C)CCC(O)C(C)(C)C1CC3.Cc1c(O)c(O)cc2c1CC=C1C2(C)CCC2(C)C3CC(C)(C(=O)O)CCC3(C)CCC12C. The molecule has 4 N–H and O–H groups in total. The fourth-order valence-electron chi connectivity index (χ4n) is 18.4. The van der Waals surface area contributed by atoms with Gasteiger partial charge in [0.05, 0.1) is 11.5 Å². The number of allylic oxidation sites excluding steroid dienone is 6. The quantitative estimate of drug-likeness (QED) is 0.174. The summed E-state index contributed by atoms with van der Waals surface area (Å²) in [5.41, 5.74) is 10.4. The third kappa shape index (κ3) is 6.60. The Morgan fingerprint density at radius 2 is 1.47 bits per heavy atom. The first kappa shape index (κ1) is 47.9. The third-order valence-corrected chi connectivity index (χ3v) is 23.2. The van der Waals surface area contributed by atoms with Gasteiger partial charge in [-0.05, 0) is 228 Å². The fraction of sp³-hybridized carbons (Fsp3) is 0.780. The van der Waals surface area contributed by atoms with E-state index in [2.05, 4.69) is 95.2 Å². The van der Waals surface area contributed by atoms with Crippen LogP contribution in [0.15, 0.2) is 40.5 Å². The molecule has 0 radical (unpaired) electrons. The zero-order valence-corrected chi connectivity index (χ0v) is 43.0. The van der Waals surface area contributed by atoms with Crippen LogP contribution in [-0.2, 0) is 16.6 Å². The van der Waals surface area contributed by atoms with Gasteiger partial charge >= 0.3 is 5.97 Å². The van der Waals surface area contributed by atoms with E-state index in [1.165, 1.54) is 74.5 Å². The molecule has 13 unspecified atom stereocenters. The molecule has 0 bridgehead atoms. The van der Waals surface area contributed by atoms with Gasteiger partial charge in [0, 0.05) is 5.41 Å². The number of carboxylic acids is 1. The predicted octanol–water partition coefficient (Wildman–Crippen LogP) is 15.1. The van der Waals surface area contributed by atoms with Crippen LogP contribution < -0.4 is 0 Å². The lowest BCUT2D eigenvalue weighted by Crippen LogP contribution is -2.62.